The summed E-state index contributed by atoms with van der Waals surface area (Å²) in [5.41, 5.74) is 2.78. The Balaban J connectivity index is 1.26. The third-order valence-electron chi connectivity index (χ3n) is 5.32. The Hall–Kier alpha value is -2.99. The van der Waals surface area contributed by atoms with Crippen LogP contribution in [0.15, 0.2) is 60.8 Å². The molecule has 0 bridgehead atoms. The van der Waals surface area contributed by atoms with Gasteiger partial charge in [0, 0.05) is 30.6 Å². The topological polar surface area (TPSA) is 58.1 Å². The summed E-state index contributed by atoms with van der Waals surface area (Å²) < 4.78 is 1.21. The number of aromatic nitrogens is 2. The van der Waals surface area contributed by atoms with E-state index in [1.54, 1.807) is 17.5 Å². The molecule has 3 heterocycles. The normalized spacial score (nSPS) is 15.2. The van der Waals surface area contributed by atoms with Crippen molar-refractivity contribution < 1.29 is 4.79 Å². The molecule has 1 N–H and O–H groups in total. The van der Waals surface area contributed by atoms with E-state index in [1.807, 2.05) is 42.5 Å². The number of hydrogen-bond acceptors (Lipinski definition) is 5. The molecule has 2 aromatic heterocycles. The lowest BCUT2D eigenvalue weighted by atomic mass is 9.96. The number of benzene rings is 2. The highest BCUT2D eigenvalue weighted by atomic mass is 32.1. The molecule has 1 aliphatic rings. The molecule has 1 amide bonds. The van der Waals surface area contributed by atoms with Gasteiger partial charge in [0.25, 0.3) is 0 Å². The van der Waals surface area contributed by atoms with Crippen molar-refractivity contribution in [1.29, 1.82) is 0 Å². The van der Waals surface area contributed by atoms with Crippen molar-refractivity contribution in [2.45, 2.75) is 12.8 Å². The summed E-state index contributed by atoms with van der Waals surface area (Å²) in [4.78, 5) is 24.2. The Morgan fingerprint density at radius 2 is 1.82 bits per heavy atom. The number of nitrogens with zero attached hydrogens (tertiary/aromatic N) is 3. The lowest BCUT2D eigenvalue weighted by Gasteiger charge is -2.31. The van der Waals surface area contributed by atoms with Crippen LogP contribution in [0.3, 0.4) is 0 Å². The third-order valence-corrected chi connectivity index (χ3v) is 6.42. The van der Waals surface area contributed by atoms with Crippen molar-refractivity contribution in [3.8, 4) is 0 Å². The van der Waals surface area contributed by atoms with E-state index in [-0.39, 0.29) is 11.8 Å². The van der Waals surface area contributed by atoms with E-state index < -0.39 is 0 Å². The fourth-order valence-electron chi connectivity index (χ4n) is 3.78. The first-order valence-electron chi connectivity index (χ1n) is 9.53. The van der Waals surface area contributed by atoms with E-state index in [0.29, 0.717) is 0 Å². The number of amides is 1. The zero-order valence-electron chi connectivity index (χ0n) is 15.3. The third kappa shape index (κ3) is 3.20. The summed E-state index contributed by atoms with van der Waals surface area (Å²) in [7, 11) is 0. The van der Waals surface area contributed by atoms with Gasteiger partial charge < -0.3 is 10.2 Å². The van der Waals surface area contributed by atoms with Crippen molar-refractivity contribution >= 4 is 49.2 Å². The van der Waals surface area contributed by atoms with E-state index in [0.717, 1.165) is 53.2 Å². The molecule has 5 nitrogen and oxygen atoms in total. The van der Waals surface area contributed by atoms with Crippen molar-refractivity contribution in [2.24, 2.45) is 5.92 Å². The number of carbonyl (C=O) groups excluding carboxylic acids is 1. The van der Waals surface area contributed by atoms with Crippen LogP contribution in [-0.4, -0.2) is 29.0 Å². The van der Waals surface area contributed by atoms with Crippen LogP contribution in [-0.2, 0) is 4.79 Å². The van der Waals surface area contributed by atoms with Gasteiger partial charge in [0.15, 0.2) is 5.13 Å². The van der Waals surface area contributed by atoms with Gasteiger partial charge in [-0.1, -0.05) is 29.5 Å². The Labute approximate surface area is 167 Å². The van der Waals surface area contributed by atoms with E-state index in [9.17, 15) is 4.79 Å². The molecule has 1 aliphatic heterocycles. The molecule has 140 valence electrons. The highest BCUT2D eigenvalue weighted by molar-refractivity contribution is 7.22. The number of nitrogens with one attached hydrogen (secondary N) is 1. The molecular formula is C22H20N4OS. The summed E-state index contributed by atoms with van der Waals surface area (Å²) >= 11 is 1.72. The van der Waals surface area contributed by atoms with Gasteiger partial charge in [0.1, 0.15) is 0 Å². The molecule has 0 saturated carbocycles. The number of piperidine rings is 1. The largest absolute Gasteiger partial charge is 0.348 e. The number of rotatable bonds is 3. The van der Waals surface area contributed by atoms with Crippen LogP contribution < -0.4 is 10.2 Å². The highest BCUT2D eigenvalue weighted by Crippen LogP contribution is 2.32. The van der Waals surface area contributed by atoms with Crippen LogP contribution in [0.4, 0.5) is 10.8 Å². The minimum atomic E-state index is 0.0255. The monoisotopic (exact) mass is 388 g/mol. The second kappa shape index (κ2) is 7.20. The predicted molar refractivity (Wildman–Crippen MR) is 115 cm³/mol. The predicted octanol–water partition coefficient (Wildman–Crippen LogP) is 4.70. The minimum absolute atomic E-state index is 0.0255. The molecule has 0 spiro atoms. The number of para-hydroxylation sites is 1. The first-order chi connectivity index (χ1) is 13.8. The molecule has 4 aromatic rings. The number of anilines is 2. The van der Waals surface area contributed by atoms with Gasteiger partial charge in [0.2, 0.25) is 5.91 Å². The maximum absolute atomic E-state index is 12.8. The van der Waals surface area contributed by atoms with Crippen molar-refractivity contribution in [2.75, 3.05) is 23.3 Å². The van der Waals surface area contributed by atoms with Crippen LogP contribution >= 0.6 is 11.3 Å². The average Bonchev–Trinajstić information content (AvgIpc) is 3.18. The van der Waals surface area contributed by atoms with Crippen molar-refractivity contribution in [3.05, 3.63) is 60.8 Å². The molecule has 0 unspecified atom stereocenters. The van der Waals surface area contributed by atoms with E-state index in [1.165, 1.54) is 4.70 Å². The maximum atomic E-state index is 12.8. The van der Waals surface area contributed by atoms with Gasteiger partial charge in [-0.05, 0) is 49.2 Å². The summed E-state index contributed by atoms with van der Waals surface area (Å²) in [6, 6.07) is 17.9. The first kappa shape index (κ1) is 17.1. The summed E-state index contributed by atoms with van der Waals surface area (Å²) in [5, 5.41) is 5.15. The Morgan fingerprint density at radius 3 is 2.68 bits per heavy atom. The fourth-order valence-corrected chi connectivity index (χ4v) is 4.79. The second-order valence-electron chi connectivity index (χ2n) is 7.09. The number of fused-ring (bicyclic) bond motifs is 2. The second-order valence-corrected chi connectivity index (χ2v) is 8.10. The molecule has 6 heteroatoms. The van der Waals surface area contributed by atoms with E-state index in [4.69, 9.17) is 4.98 Å². The Bertz CT molecular complexity index is 1110. The Kier molecular flexibility index (Phi) is 4.41. The molecule has 2 aromatic carbocycles. The van der Waals surface area contributed by atoms with Gasteiger partial charge in [-0.15, -0.1) is 0 Å². The Morgan fingerprint density at radius 1 is 1.00 bits per heavy atom. The lowest BCUT2D eigenvalue weighted by molar-refractivity contribution is -0.120. The van der Waals surface area contributed by atoms with Crippen LogP contribution in [0, 0.1) is 5.92 Å². The van der Waals surface area contributed by atoms with Gasteiger partial charge in [-0.3, -0.25) is 9.78 Å². The molecule has 1 fully saturated rings. The van der Waals surface area contributed by atoms with Crippen LogP contribution in [0.2, 0.25) is 0 Å². The quantitative estimate of drug-likeness (QED) is 0.553. The highest BCUT2D eigenvalue weighted by Gasteiger charge is 2.26. The lowest BCUT2D eigenvalue weighted by Crippen LogP contribution is -2.38. The molecule has 5 rings (SSSR count). The maximum Gasteiger partial charge on any atom is 0.227 e. The zero-order chi connectivity index (χ0) is 18.9. The summed E-state index contributed by atoms with van der Waals surface area (Å²) in [6.45, 7) is 1.71. The van der Waals surface area contributed by atoms with Crippen LogP contribution in [0.5, 0.6) is 0 Å². The number of hydrogen-bond donors (Lipinski definition) is 1. The standard InChI is InChI=1S/C22H20N4OS/c27-21(24-18-8-3-7-17-16(18)5-4-12-23-17)15-10-13-26(14-11-15)22-25-19-6-1-2-9-20(19)28-22/h1-9,12,15H,10-11,13-14H2,(H,24,27). The van der Waals surface area contributed by atoms with Gasteiger partial charge in [-0.25, -0.2) is 4.98 Å². The fraction of sp³-hybridized carbons (Fsp3) is 0.227. The minimum Gasteiger partial charge on any atom is -0.348 e. The molecule has 1 saturated heterocycles. The van der Waals surface area contributed by atoms with Crippen molar-refractivity contribution in [3.63, 3.8) is 0 Å². The number of carbonyl (C=O) groups is 1. The number of thiazole rings is 1. The van der Waals surface area contributed by atoms with E-state index >= 15 is 0 Å². The van der Waals surface area contributed by atoms with Crippen LogP contribution in [0.25, 0.3) is 21.1 Å². The van der Waals surface area contributed by atoms with Gasteiger partial charge in [0.05, 0.1) is 21.4 Å². The molecular weight excluding hydrogens is 368 g/mol. The average molecular weight is 388 g/mol. The van der Waals surface area contributed by atoms with E-state index in [2.05, 4.69) is 27.3 Å². The smallest absolute Gasteiger partial charge is 0.227 e. The first-order valence-corrected chi connectivity index (χ1v) is 10.3. The summed E-state index contributed by atoms with van der Waals surface area (Å²) in [6.07, 6.45) is 3.45. The molecule has 0 atom stereocenters. The molecule has 0 aliphatic carbocycles. The summed E-state index contributed by atoms with van der Waals surface area (Å²) in [5.74, 6) is 0.123. The van der Waals surface area contributed by atoms with Gasteiger partial charge >= 0.3 is 0 Å². The van der Waals surface area contributed by atoms with Crippen LogP contribution in [0.1, 0.15) is 12.8 Å². The SMILES string of the molecule is O=C(Nc1cccc2ncccc12)C1CCN(c2nc3ccccc3s2)CC1. The van der Waals surface area contributed by atoms with Crippen molar-refractivity contribution in [1.82, 2.24) is 9.97 Å². The number of pyridine rings is 1. The molecule has 28 heavy (non-hydrogen) atoms. The zero-order valence-corrected chi connectivity index (χ0v) is 16.2. The van der Waals surface area contributed by atoms with Gasteiger partial charge in [-0.2, -0.15) is 0 Å². The molecule has 0 radical (unpaired) electrons.